The highest BCUT2D eigenvalue weighted by molar-refractivity contribution is 5.90. The number of hydrogen-bond acceptors (Lipinski definition) is 6. The lowest BCUT2D eigenvalue weighted by atomic mass is 10.1. The summed E-state index contributed by atoms with van der Waals surface area (Å²) in [6.07, 6.45) is 2.75. The lowest BCUT2D eigenvalue weighted by Gasteiger charge is -2.09. The Balaban J connectivity index is 1.58. The van der Waals surface area contributed by atoms with Gasteiger partial charge in [0, 0.05) is 17.8 Å². The number of hydrogen-bond donors (Lipinski definition) is 1. The van der Waals surface area contributed by atoms with Gasteiger partial charge in [0.2, 0.25) is 5.91 Å². The van der Waals surface area contributed by atoms with Crippen LogP contribution in [0.15, 0.2) is 59.8 Å². The molecule has 2 aromatic heterocycles. The number of nitrogens with zero attached hydrogens (tertiary/aromatic N) is 5. The molecule has 10 nitrogen and oxygen atoms in total. The van der Waals surface area contributed by atoms with E-state index in [2.05, 4.69) is 15.4 Å². The molecule has 0 aliphatic rings. The Hall–Kier alpha value is -4.34. The average Bonchev–Trinajstić information content (AvgIpc) is 3.15. The maximum absolute atomic E-state index is 12.8. The summed E-state index contributed by atoms with van der Waals surface area (Å²) in [5, 5.41) is 17.9. The minimum absolute atomic E-state index is 0.0790. The van der Waals surface area contributed by atoms with E-state index in [1.54, 1.807) is 4.68 Å². The minimum atomic E-state index is -0.523. The van der Waals surface area contributed by atoms with Crippen LogP contribution in [0.25, 0.3) is 16.7 Å². The molecule has 0 saturated heterocycles. The normalized spacial score (nSPS) is 10.9. The summed E-state index contributed by atoms with van der Waals surface area (Å²) in [6, 6.07) is 11.3. The molecule has 0 radical (unpaired) electrons. The first-order valence-electron chi connectivity index (χ1n) is 9.38. The number of anilines is 1. The molecule has 0 aliphatic carbocycles. The van der Waals surface area contributed by atoms with E-state index < -0.39 is 10.8 Å². The van der Waals surface area contributed by atoms with Crippen molar-refractivity contribution in [3.8, 4) is 5.69 Å². The highest BCUT2D eigenvalue weighted by Gasteiger charge is 2.15. The van der Waals surface area contributed by atoms with Gasteiger partial charge in [0.15, 0.2) is 5.65 Å². The number of fused-ring (bicyclic) bond motifs is 1. The molecular formula is C21H18N6O4. The molecule has 2 aromatic carbocycles. The highest BCUT2D eigenvalue weighted by atomic mass is 16.6. The molecule has 10 heteroatoms. The molecule has 2 heterocycles. The molecule has 0 aliphatic heterocycles. The lowest BCUT2D eigenvalue weighted by molar-refractivity contribution is -0.384. The van der Waals surface area contributed by atoms with Crippen molar-refractivity contribution in [2.45, 2.75) is 20.4 Å². The van der Waals surface area contributed by atoms with Gasteiger partial charge in [0.1, 0.15) is 18.3 Å². The smallest absolute Gasteiger partial charge is 0.269 e. The van der Waals surface area contributed by atoms with Crippen molar-refractivity contribution in [3.63, 3.8) is 0 Å². The van der Waals surface area contributed by atoms with Crippen molar-refractivity contribution in [1.29, 1.82) is 0 Å². The van der Waals surface area contributed by atoms with Gasteiger partial charge in [-0.05, 0) is 37.6 Å². The van der Waals surface area contributed by atoms with Gasteiger partial charge in [-0.2, -0.15) is 5.10 Å². The van der Waals surface area contributed by atoms with E-state index in [0.29, 0.717) is 16.7 Å². The van der Waals surface area contributed by atoms with E-state index >= 15 is 0 Å². The minimum Gasteiger partial charge on any atom is -0.325 e. The third-order valence-corrected chi connectivity index (χ3v) is 4.81. The Labute approximate surface area is 175 Å². The number of aryl methyl sites for hydroxylation is 2. The lowest BCUT2D eigenvalue weighted by Crippen LogP contribution is -2.27. The molecule has 4 rings (SSSR count). The first-order chi connectivity index (χ1) is 14.8. The maximum atomic E-state index is 12.8. The first kappa shape index (κ1) is 20.0. The predicted molar refractivity (Wildman–Crippen MR) is 114 cm³/mol. The van der Waals surface area contributed by atoms with Gasteiger partial charge in [-0.25, -0.2) is 9.67 Å². The predicted octanol–water partition coefficient (Wildman–Crippen LogP) is 2.75. The van der Waals surface area contributed by atoms with E-state index in [-0.39, 0.29) is 17.8 Å². The number of nitro groups is 1. The van der Waals surface area contributed by atoms with E-state index in [0.717, 1.165) is 16.8 Å². The molecule has 31 heavy (non-hydrogen) atoms. The van der Waals surface area contributed by atoms with Crippen molar-refractivity contribution in [2.24, 2.45) is 0 Å². The zero-order valence-electron chi connectivity index (χ0n) is 16.8. The number of carbonyl (C=O) groups excluding carboxylic acids is 1. The number of carbonyl (C=O) groups is 1. The number of amides is 1. The van der Waals surface area contributed by atoms with Crippen LogP contribution >= 0.6 is 0 Å². The SMILES string of the molecule is Cc1ccc(-n2ncc3c(=O)n(CC(=O)Nc4ccc([N+](=O)[O-])cc4)cnc32)c(C)c1. The fourth-order valence-corrected chi connectivity index (χ4v) is 3.30. The van der Waals surface area contributed by atoms with Crippen LogP contribution in [0.5, 0.6) is 0 Å². The molecule has 0 atom stereocenters. The Morgan fingerprint density at radius 1 is 1.16 bits per heavy atom. The second kappa shape index (κ2) is 7.82. The van der Waals surface area contributed by atoms with Crippen molar-refractivity contribution < 1.29 is 9.72 Å². The summed E-state index contributed by atoms with van der Waals surface area (Å²) >= 11 is 0. The Morgan fingerprint density at radius 3 is 2.58 bits per heavy atom. The van der Waals surface area contributed by atoms with Crippen LogP contribution in [0.2, 0.25) is 0 Å². The van der Waals surface area contributed by atoms with Crippen LogP contribution in [0.3, 0.4) is 0 Å². The Morgan fingerprint density at radius 2 is 1.90 bits per heavy atom. The third-order valence-electron chi connectivity index (χ3n) is 4.81. The number of nitrogens with one attached hydrogen (secondary N) is 1. The van der Waals surface area contributed by atoms with E-state index in [1.807, 2.05) is 32.0 Å². The van der Waals surface area contributed by atoms with Gasteiger partial charge in [0.05, 0.1) is 16.8 Å². The molecule has 0 saturated carbocycles. The Kier molecular flexibility index (Phi) is 5.04. The van der Waals surface area contributed by atoms with Crippen LogP contribution in [0.4, 0.5) is 11.4 Å². The standard InChI is InChI=1S/C21H18N6O4/c1-13-3-8-18(14(2)9-13)26-20-17(10-23-26)21(29)25(12-22-20)11-19(28)24-15-4-6-16(7-5-15)27(30)31/h3-10,12H,11H2,1-2H3,(H,24,28). The summed E-state index contributed by atoms with van der Waals surface area (Å²) in [6.45, 7) is 3.70. The van der Waals surface area contributed by atoms with Crippen LogP contribution in [0.1, 0.15) is 11.1 Å². The topological polar surface area (TPSA) is 125 Å². The van der Waals surface area contributed by atoms with Gasteiger partial charge < -0.3 is 5.32 Å². The van der Waals surface area contributed by atoms with Gasteiger partial charge in [-0.3, -0.25) is 24.3 Å². The summed E-state index contributed by atoms with van der Waals surface area (Å²) in [5.74, 6) is -0.459. The summed E-state index contributed by atoms with van der Waals surface area (Å²) in [4.78, 5) is 39.7. The first-order valence-corrected chi connectivity index (χ1v) is 9.38. The zero-order valence-corrected chi connectivity index (χ0v) is 16.8. The van der Waals surface area contributed by atoms with Crippen LogP contribution in [-0.4, -0.2) is 30.2 Å². The maximum Gasteiger partial charge on any atom is 0.269 e. The second-order valence-electron chi connectivity index (χ2n) is 7.11. The zero-order chi connectivity index (χ0) is 22.1. The van der Waals surface area contributed by atoms with Crippen LogP contribution < -0.4 is 10.9 Å². The Bertz CT molecular complexity index is 1370. The number of non-ortho nitro benzene ring substituents is 1. The number of nitro benzene ring substituents is 1. The van der Waals surface area contributed by atoms with Gasteiger partial charge in [-0.1, -0.05) is 17.7 Å². The molecule has 0 bridgehead atoms. The van der Waals surface area contributed by atoms with Crippen molar-refractivity contribution in [3.05, 3.63) is 86.6 Å². The highest BCUT2D eigenvalue weighted by Crippen LogP contribution is 2.19. The summed E-state index contributed by atoms with van der Waals surface area (Å²) < 4.78 is 2.80. The van der Waals surface area contributed by atoms with Gasteiger partial charge >= 0.3 is 0 Å². The van der Waals surface area contributed by atoms with Crippen molar-refractivity contribution >= 4 is 28.3 Å². The molecule has 1 N–H and O–H groups in total. The van der Waals surface area contributed by atoms with E-state index in [4.69, 9.17) is 0 Å². The van der Waals surface area contributed by atoms with Crippen molar-refractivity contribution in [1.82, 2.24) is 19.3 Å². The van der Waals surface area contributed by atoms with Gasteiger partial charge in [0.25, 0.3) is 11.2 Å². The third kappa shape index (κ3) is 3.90. The number of aromatic nitrogens is 4. The summed E-state index contributed by atoms with van der Waals surface area (Å²) in [5.41, 5.74) is 3.26. The molecule has 156 valence electrons. The molecule has 4 aromatic rings. The molecule has 1 amide bonds. The monoisotopic (exact) mass is 418 g/mol. The molecular weight excluding hydrogens is 400 g/mol. The van der Waals surface area contributed by atoms with Gasteiger partial charge in [-0.15, -0.1) is 0 Å². The average molecular weight is 418 g/mol. The molecule has 0 fully saturated rings. The fraction of sp³-hybridized carbons (Fsp3) is 0.143. The van der Waals surface area contributed by atoms with Crippen molar-refractivity contribution in [2.75, 3.05) is 5.32 Å². The van der Waals surface area contributed by atoms with Crippen LogP contribution in [-0.2, 0) is 11.3 Å². The second-order valence-corrected chi connectivity index (χ2v) is 7.11. The molecule has 0 unspecified atom stereocenters. The quantitative estimate of drug-likeness (QED) is 0.392. The largest absolute Gasteiger partial charge is 0.325 e. The fourth-order valence-electron chi connectivity index (χ4n) is 3.30. The van der Waals surface area contributed by atoms with E-state index in [1.165, 1.54) is 41.4 Å². The number of benzene rings is 2. The van der Waals surface area contributed by atoms with E-state index in [9.17, 15) is 19.7 Å². The van der Waals surface area contributed by atoms with Crippen LogP contribution in [0, 0.1) is 24.0 Å². The number of rotatable bonds is 5. The summed E-state index contributed by atoms with van der Waals surface area (Å²) in [7, 11) is 0. The molecule has 0 spiro atoms.